The van der Waals surface area contributed by atoms with Crippen molar-refractivity contribution in [3.8, 4) is 0 Å². The second-order valence-corrected chi connectivity index (χ2v) is 6.11. The molecule has 9 nitrogen and oxygen atoms in total. The molecule has 2 atom stereocenters. The van der Waals surface area contributed by atoms with E-state index in [4.69, 9.17) is 19.8 Å². The molecule has 0 saturated carbocycles. The van der Waals surface area contributed by atoms with Gasteiger partial charge in [0.1, 0.15) is 12.6 Å². The van der Waals surface area contributed by atoms with Crippen molar-refractivity contribution in [1.29, 1.82) is 0 Å². The number of hydrogen-bond acceptors (Lipinski definition) is 6. The molecule has 0 saturated heterocycles. The van der Waals surface area contributed by atoms with E-state index >= 15 is 0 Å². The molecule has 9 heteroatoms. The first kappa shape index (κ1) is 21.9. The van der Waals surface area contributed by atoms with E-state index in [1.165, 1.54) is 0 Å². The number of alkyl carbamates (subject to hydrolysis) is 1. The third kappa shape index (κ3) is 8.41. The molecule has 0 aromatic heterocycles. The molecule has 0 heterocycles. The van der Waals surface area contributed by atoms with E-state index in [1.54, 1.807) is 36.4 Å². The number of aliphatic carboxylic acids is 2. The zero-order valence-electron chi connectivity index (χ0n) is 15.5. The lowest BCUT2D eigenvalue weighted by Crippen LogP contribution is -2.47. The molecule has 29 heavy (non-hydrogen) atoms. The van der Waals surface area contributed by atoms with Crippen LogP contribution in [-0.2, 0) is 32.2 Å². The van der Waals surface area contributed by atoms with Crippen LogP contribution in [0.25, 0.3) is 0 Å². The molecule has 2 aromatic rings. The molecular formula is C20H22N2O7. The summed E-state index contributed by atoms with van der Waals surface area (Å²) in [5.74, 6) is -2.69. The minimum atomic E-state index is -1.48. The molecule has 2 unspecified atom stereocenters. The maximum absolute atomic E-state index is 12.1. The first-order valence-corrected chi connectivity index (χ1v) is 8.81. The average molecular weight is 402 g/mol. The van der Waals surface area contributed by atoms with Crippen molar-refractivity contribution < 1.29 is 34.2 Å². The lowest BCUT2D eigenvalue weighted by Gasteiger charge is -2.21. The minimum Gasteiger partial charge on any atom is -0.481 e. The van der Waals surface area contributed by atoms with Gasteiger partial charge in [0.15, 0.2) is 6.23 Å². The van der Waals surface area contributed by atoms with E-state index in [2.05, 4.69) is 10.8 Å². The van der Waals surface area contributed by atoms with Crippen LogP contribution in [0.4, 0.5) is 4.79 Å². The second kappa shape index (κ2) is 11.4. The SMILES string of the molecule is O=C(O)CC(NOC(Cc1ccccc1)NC(=O)OCc1ccccc1)C(=O)O. The van der Waals surface area contributed by atoms with Crippen LogP contribution in [0.1, 0.15) is 17.5 Å². The summed E-state index contributed by atoms with van der Waals surface area (Å²) in [5.41, 5.74) is 3.81. The molecule has 0 aliphatic heterocycles. The quantitative estimate of drug-likeness (QED) is 0.331. The number of carboxylic acid groups (broad SMARTS) is 2. The Morgan fingerprint density at radius 3 is 2.03 bits per heavy atom. The fourth-order valence-electron chi connectivity index (χ4n) is 2.36. The maximum Gasteiger partial charge on any atom is 0.409 e. The van der Waals surface area contributed by atoms with Crippen LogP contribution in [0.2, 0.25) is 0 Å². The summed E-state index contributed by atoms with van der Waals surface area (Å²) in [6, 6.07) is 16.6. The Kier molecular flexibility index (Phi) is 8.61. The third-order valence-electron chi connectivity index (χ3n) is 3.78. The molecule has 0 aliphatic rings. The van der Waals surface area contributed by atoms with E-state index in [0.29, 0.717) is 0 Å². The number of nitrogens with one attached hydrogen (secondary N) is 2. The molecular weight excluding hydrogens is 380 g/mol. The van der Waals surface area contributed by atoms with Crippen molar-refractivity contribution >= 4 is 18.0 Å². The van der Waals surface area contributed by atoms with E-state index in [-0.39, 0.29) is 13.0 Å². The summed E-state index contributed by atoms with van der Waals surface area (Å²) >= 11 is 0. The molecule has 0 fully saturated rings. The highest BCUT2D eigenvalue weighted by molar-refractivity contribution is 5.80. The van der Waals surface area contributed by atoms with E-state index in [0.717, 1.165) is 11.1 Å². The molecule has 0 spiro atoms. The highest BCUT2D eigenvalue weighted by Crippen LogP contribution is 2.06. The van der Waals surface area contributed by atoms with Gasteiger partial charge in [-0.1, -0.05) is 60.7 Å². The zero-order valence-corrected chi connectivity index (χ0v) is 15.5. The number of hydrogen-bond donors (Lipinski definition) is 4. The Bertz CT molecular complexity index is 799. The van der Waals surface area contributed by atoms with Crippen LogP contribution in [0, 0.1) is 0 Å². The number of hydroxylamine groups is 1. The van der Waals surface area contributed by atoms with Gasteiger partial charge >= 0.3 is 18.0 Å². The topological polar surface area (TPSA) is 134 Å². The fraction of sp³-hybridized carbons (Fsp3) is 0.250. The fourth-order valence-corrected chi connectivity index (χ4v) is 2.36. The van der Waals surface area contributed by atoms with Crippen molar-refractivity contribution in [2.75, 3.05) is 0 Å². The van der Waals surface area contributed by atoms with Gasteiger partial charge in [0.2, 0.25) is 0 Å². The van der Waals surface area contributed by atoms with E-state index < -0.39 is 36.7 Å². The van der Waals surface area contributed by atoms with Gasteiger partial charge in [-0.05, 0) is 11.1 Å². The summed E-state index contributed by atoms with van der Waals surface area (Å²) in [5, 5.41) is 20.4. The van der Waals surface area contributed by atoms with Crippen LogP contribution in [0.3, 0.4) is 0 Å². The monoisotopic (exact) mass is 402 g/mol. The summed E-state index contributed by atoms with van der Waals surface area (Å²) < 4.78 is 5.15. The zero-order chi connectivity index (χ0) is 21.1. The number of carbonyl (C=O) groups excluding carboxylic acids is 1. The summed E-state index contributed by atoms with van der Waals surface area (Å²) in [6.07, 6.45) is -2.24. The van der Waals surface area contributed by atoms with Gasteiger partial charge in [0.25, 0.3) is 0 Å². The number of amides is 1. The lowest BCUT2D eigenvalue weighted by molar-refractivity contribution is -0.153. The Hall–Kier alpha value is -3.43. The first-order valence-electron chi connectivity index (χ1n) is 8.81. The Balaban J connectivity index is 1.97. The second-order valence-electron chi connectivity index (χ2n) is 6.11. The normalized spacial score (nSPS) is 12.6. The highest BCUT2D eigenvalue weighted by atomic mass is 16.7. The lowest BCUT2D eigenvalue weighted by atomic mass is 10.1. The number of ether oxygens (including phenoxy) is 1. The predicted octanol–water partition coefficient (Wildman–Crippen LogP) is 1.93. The van der Waals surface area contributed by atoms with Gasteiger partial charge in [0.05, 0.1) is 6.42 Å². The Morgan fingerprint density at radius 1 is 0.897 bits per heavy atom. The molecule has 2 rings (SSSR count). The molecule has 154 valence electrons. The first-order chi connectivity index (χ1) is 13.9. The summed E-state index contributed by atoms with van der Waals surface area (Å²) in [6.45, 7) is 0.0505. The van der Waals surface area contributed by atoms with Gasteiger partial charge in [-0.3, -0.25) is 19.7 Å². The average Bonchev–Trinajstić information content (AvgIpc) is 2.70. The van der Waals surface area contributed by atoms with Crippen LogP contribution < -0.4 is 10.8 Å². The molecule has 2 aromatic carbocycles. The third-order valence-corrected chi connectivity index (χ3v) is 3.78. The molecule has 0 radical (unpaired) electrons. The largest absolute Gasteiger partial charge is 0.481 e. The van der Waals surface area contributed by atoms with Gasteiger partial charge in [-0.2, -0.15) is 5.48 Å². The number of carbonyl (C=O) groups is 3. The highest BCUT2D eigenvalue weighted by Gasteiger charge is 2.24. The van der Waals surface area contributed by atoms with Crippen molar-refractivity contribution in [2.45, 2.75) is 31.7 Å². The Labute approximate surface area is 167 Å². The van der Waals surface area contributed by atoms with Crippen molar-refractivity contribution in [3.05, 3.63) is 71.8 Å². The molecule has 0 aliphatic carbocycles. The van der Waals surface area contributed by atoms with Crippen molar-refractivity contribution in [2.24, 2.45) is 0 Å². The van der Waals surface area contributed by atoms with Crippen LogP contribution in [0.15, 0.2) is 60.7 Å². The van der Waals surface area contributed by atoms with Crippen LogP contribution in [-0.4, -0.2) is 40.5 Å². The van der Waals surface area contributed by atoms with Crippen molar-refractivity contribution in [1.82, 2.24) is 10.8 Å². The smallest absolute Gasteiger partial charge is 0.409 e. The predicted molar refractivity (Wildman–Crippen MR) is 102 cm³/mol. The molecule has 4 N–H and O–H groups in total. The van der Waals surface area contributed by atoms with Crippen LogP contribution in [0.5, 0.6) is 0 Å². The summed E-state index contributed by atoms with van der Waals surface area (Å²) in [4.78, 5) is 39.4. The minimum absolute atomic E-state index is 0.0505. The van der Waals surface area contributed by atoms with E-state index in [9.17, 15) is 14.4 Å². The summed E-state index contributed by atoms with van der Waals surface area (Å²) in [7, 11) is 0. The van der Waals surface area contributed by atoms with Gasteiger partial charge in [-0.25, -0.2) is 4.79 Å². The Morgan fingerprint density at radius 2 is 1.48 bits per heavy atom. The number of carboxylic acids is 2. The van der Waals surface area contributed by atoms with Crippen molar-refractivity contribution in [3.63, 3.8) is 0 Å². The van der Waals surface area contributed by atoms with Gasteiger partial charge < -0.3 is 14.9 Å². The maximum atomic E-state index is 12.1. The van der Waals surface area contributed by atoms with Crippen LogP contribution >= 0.6 is 0 Å². The molecule has 0 bridgehead atoms. The number of rotatable bonds is 11. The number of benzene rings is 2. The standard InChI is InChI=1S/C20H22N2O7/c23-18(24)12-16(19(25)26)22-29-17(11-14-7-3-1-4-8-14)21-20(27)28-13-15-9-5-2-6-10-15/h1-10,16-17,22H,11-13H2,(H,21,27)(H,23,24)(H,25,26). The van der Waals surface area contributed by atoms with Gasteiger partial charge in [0, 0.05) is 6.42 Å². The van der Waals surface area contributed by atoms with Gasteiger partial charge in [-0.15, -0.1) is 0 Å². The van der Waals surface area contributed by atoms with E-state index in [1.807, 2.05) is 24.3 Å². The molecule has 1 amide bonds.